The van der Waals surface area contributed by atoms with Gasteiger partial charge in [-0.3, -0.25) is 0 Å². The summed E-state index contributed by atoms with van der Waals surface area (Å²) in [6.07, 6.45) is -23.1. The summed E-state index contributed by atoms with van der Waals surface area (Å²) in [5.41, 5.74) is 0. The summed E-state index contributed by atoms with van der Waals surface area (Å²) in [6.45, 7) is -3.92. The van der Waals surface area contributed by atoms with E-state index in [4.69, 9.17) is 5.11 Å². The van der Waals surface area contributed by atoms with Gasteiger partial charge >= 0.3 is 47.9 Å². The van der Waals surface area contributed by atoms with E-state index < -0.39 is 80.0 Å². The number of hydrogen-bond acceptors (Lipinski definition) is 2. The molecule has 0 radical (unpaired) electrons. The van der Waals surface area contributed by atoms with Crippen molar-refractivity contribution in [2.45, 2.75) is 66.8 Å². The standard InChI is InChI=1S/C13H10F18O2/c14-6(15,8(18,19)10(22,23)12(26,27)28)1-2-33-4-5(32)3-7(16,17)9(20,21)11(24,25)13(29,30)31/h5,32H,1-4H2. The first kappa shape index (κ1) is 31.7. The molecule has 2 nitrogen and oxygen atoms in total. The maximum absolute atomic E-state index is 13.2. The van der Waals surface area contributed by atoms with Gasteiger partial charge in [0, 0.05) is 12.8 Å². The van der Waals surface area contributed by atoms with Crippen LogP contribution in [0.3, 0.4) is 0 Å². The van der Waals surface area contributed by atoms with Gasteiger partial charge in [-0.05, 0) is 0 Å². The topological polar surface area (TPSA) is 29.5 Å². The van der Waals surface area contributed by atoms with E-state index >= 15 is 0 Å². The molecule has 0 aliphatic heterocycles. The lowest BCUT2D eigenvalue weighted by Crippen LogP contribution is -2.61. The average molecular weight is 540 g/mol. The zero-order valence-corrected chi connectivity index (χ0v) is 15.1. The molecule has 200 valence electrons. The molecule has 0 aromatic rings. The van der Waals surface area contributed by atoms with Crippen LogP contribution in [0.1, 0.15) is 12.8 Å². The predicted octanol–water partition coefficient (Wildman–Crippen LogP) is 6.08. The third-order valence-corrected chi connectivity index (χ3v) is 3.78. The molecule has 0 aliphatic rings. The summed E-state index contributed by atoms with van der Waals surface area (Å²) in [4.78, 5) is 0. The van der Waals surface area contributed by atoms with Gasteiger partial charge in [-0.1, -0.05) is 0 Å². The summed E-state index contributed by atoms with van der Waals surface area (Å²) in [5, 5.41) is 8.97. The van der Waals surface area contributed by atoms with Gasteiger partial charge in [0.15, 0.2) is 0 Å². The van der Waals surface area contributed by atoms with E-state index in [9.17, 15) is 79.0 Å². The first-order valence-corrected chi connectivity index (χ1v) is 7.76. The maximum atomic E-state index is 13.2. The fourth-order valence-electron chi connectivity index (χ4n) is 1.88. The second-order valence-electron chi connectivity index (χ2n) is 6.38. The number of ether oxygens (including phenoxy) is 1. The van der Waals surface area contributed by atoms with Crippen molar-refractivity contribution in [1.82, 2.24) is 0 Å². The molecule has 0 heterocycles. The largest absolute Gasteiger partial charge is 0.460 e. The molecular formula is C13H10F18O2. The van der Waals surface area contributed by atoms with Crippen molar-refractivity contribution in [3.8, 4) is 0 Å². The fraction of sp³-hybridized carbons (Fsp3) is 1.00. The molecule has 0 spiro atoms. The second-order valence-corrected chi connectivity index (χ2v) is 6.38. The number of aliphatic hydroxyl groups excluding tert-OH is 1. The summed E-state index contributed by atoms with van der Waals surface area (Å²) >= 11 is 0. The van der Waals surface area contributed by atoms with Crippen LogP contribution >= 0.6 is 0 Å². The van der Waals surface area contributed by atoms with Gasteiger partial charge in [0.05, 0.1) is 19.3 Å². The summed E-state index contributed by atoms with van der Waals surface area (Å²) in [7, 11) is 0. The lowest BCUT2D eigenvalue weighted by atomic mass is 9.98. The normalized spacial score (nSPS) is 16.8. The Labute approximate surface area is 170 Å². The zero-order chi connectivity index (χ0) is 27.1. The summed E-state index contributed by atoms with van der Waals surface area (Å²) < 4.78 is 230. The first-order valence-electron chi connectivity index (χ1n) is 7.76. The molecule has 1 N–H and O–H groups in total. The van der Waals surface area contributed by atoms with Crippen LogP contribution in [0.4, 0.5) is 79.0 Å². The minimum atomic E-state index is -7.32. The number of hydrogen-bond donors (Lipinski definition) is 1. The van der Waals surface area contributed by atoms with Crippen LogP contribution in [0.5, 0.6) is 0 Å². The lowest BCUT2D eigenvalue weighted by Gasteiger charge is -2.34. The molecule has 1 atom stereocenters. The Balaban J connectivity index is 5.12. The van der Waals surface area contributed by atoms with Gasteiger partial charge < -0.3 is 9.84 Å². The highest BCUT2D eigenvalue weighted by atomic mass is 19.4. The molecule has 0 bridgehead atoms. The minimum absolute atomic E-state index is 1.92. The quantitative estimate of drug-likeness (QED) is 0.255. The summed E-state index contributed by atoms with van der Waals surface area (Å²) in [6, 6.07) is 0. The van der Waals surface area contributed by atoms with Gasteiger partial charge in [0.1, 0.15) is 0 Å². The van der Waals surface area contributed by atoms with Gasteiger partial charge in [0.2, 0.25) is 0 Å². The molecule has 0 aliphatic carbocycles. The third kappa shape index (κ3) is 5.84. The Hall–Kier alpha value is -1.34. The molecule has 1 unspecified atom stereocenters. The third-order valence-electron chi connectivity index (χ3n) is 3.78. The highest BCUT2D eigenvalue weighted by Gasteiger charge is 2.82. The van der Waals surface area contributed by atoms with Crippen molar-refractivity contribution in [2.75, 3.05) is 13.2 Å². The van der Waals surface area contributed by atoms with Crippen molar-refractivity contribution in [2.24, 2.45) is 0 Å². The van der Waals surface area contributed by atoms with Gasteiger partial charge in [0.25, 0.3) is 0 Å². The molecular weight excluding hydrogens is 530 g/mol. The van der Waals surface area contributed by atoms with Crippen LogP contribution < -0.4 is 0 Å². The van der Waals surface area contributed by atoms with Crippen molar-refractivity contribution in [3.05, 3.63) is 0 Å². The number of alkyl halides is 18. The Bertz CT molecular complexity index is 649. The molecule has 0 saturated heterocycles. The highest BCUT2D eigenvalue weighted by Crippen LogP contribution is 2.55. The Morgan fingerprint density at radius 3 is 1.18 bits per heavy atom. The van der Waals surface area contributed by atoms with Crippen LogP contribution in [0.25, 0.3) is 0 Å². The Morgan fingerprint density at radius 2 is 0.848 bits per heavy atom. The monoisotopic (exact) mass is 540 g/mol. The SMILES string of the molecule is OC(COCCC(F)(F)C(F)(F)C(F)(F)C(F)(F)F)CC(F)(F)C(F)(F)C(F)(F)C(F)(F)F. The van der Waals surface area contributed by atoms with Crippen LogP contribution in [0.2, 0.25) is 0 Å². The molecule has 0 amide bonds. The molecule has 20 heteroatoms. The predicted molar refractivity (Wildman–Crippen MR) is 67.9 cm³/mol. The molecule has 0 fully saturated rings. The Morgan fingerprint density at radius 1 is 0.515 bits per heavy atom. The molecule has 33 heavy (non-hydrogen) atoms. The van der Waals surface area contributed by atoms with E-state index in [1.807, 2.05) is 0 Å². The van der Waals surface area contributed by atoms with Crippen molar-refractivity contribution < 1.29 is 88.9 Å². The van der Waals surface area contributed by atoms with Gasteiger partial charge in [-0.25, -0.2) is 0 Å². The molecule has 0 aromatic carbocycles. The van der Waals surface area contributed by atoms with E-state index in [1.165, 1.54) is 0 Å². The smallest absolute Gasteiger partial charge is 0.390 e. The number of halogens is 18. The van der Waals surface area contributed by atoms with Crippen LogP contribution in [-0.2, 0) is 4.74 Å². The van der Waals surface area contributed by atoms with E-state index in [0.29, 0.717) is 0 Å². The molecule has 0 aromatic heterocycles. The number of rotatable bonds is 11. The van der Waals surface area contributed by atoms with Crippen LogP contribution in [0.15, 0.2) is 0 Å². The van der Waals surface area contributed by atoms with E-state index in [1.54, 1.807) is 0 Å². The van der Waals surface area contributed by atoms with Crippen LogP contribution in [0, 0.1) is 0 Å². The zero-order valence-electron chi connectivity index (χ0n) is 15.1. The molecule has 0 rings (SSSR count). The summed E-state index contributed by atoms with van der Waals surface area (Å²) in [5.74, 6) is -41.3. The Kier molecular flexibility index (Phi) is 8.66. The van der Waals surface area contributed by atoms with E-state index in [0.717, 1.165) is 0 Å². The average Bonchev–Trinajstić information content (AvgIpc) is 2.55. The van der Waals surface area contributed by atoms with Gasteiger partial charge in [-0.15, -0.1) is 0 Å². The van der Waals surface area contributed by atoms with Crippen molar-refractivity contribution >= 4 is 0 Å². The van der Waals surface area contributed by atoms with E-state index in [2.05, 4.69) is 4.74 Å². The second kappa shape index (κ2) is 9.03. The lowest BCUT2D eigenvalue weighted by molar-refractivity contribution is -0.398. The minimum Gasteiger partial charge on any atom is -0.390 e. The van der Waals surface area contributed by atoms with Crippen LogP contribution in [-0.4, -0.2) is 72.3 Å². The molecule has 0 saturated carbocycles. The highest BCUT2D eigenvalue weighted by molar-refractivity contribution is 5.01. The fourth-order valence-corrected chi connectivity index (χ4v) is 1.88. The maximum Gasteiger partial charge on any atom is 0.460 e. The first-order chi connectivity index (χ1) is 14.1. The van der Waals surface area contributed by atoms with E-state index in [-0.39, 0.29) is 0 Å². The van der Waals surface area contributed by atoms with Gasteiger partial charge in [-0.2, -0.15) is 79.0 Å². The number of aliphatic hydroxyl groups is 1. The van der Waals surface area contributed by atoms with Crippen molar-refractivity contribution in [1.29, 1.82) is 0 Å². The van der Waals surface area contributed by atoms with Crippen molar-refractivity contribution in [3.63, 3.8) is 0 Å².